The number of amides is 2. The molecule has 0 bridgehead atoms. The summed E-state index contributed by atoms with van der Waals surface area (Å²) in [6.07, 6.45) is 4.49. The van der Waals surface area contributed by atoms with Gasteiger partial charge in [-0.05, 0) is 48.6 Å². The number of rotatable bonds is 7. The van der Waals surface area contributed by atoms with Gasteiger partial charge in [0.05, 0.1) is 10.5 Å². The molecule has 0 fully saturated rings. The summed E-state index contributed by atoms with van der Waals surface area (Å²) in [6.45, 7) is 3.09. The molecule has 7 heteroatoms. The van der Waals surface area contributed by atoms with Crippen molar-refractivity contribution < 1.29 is 14.5 Å². The molecule has 0 atom stereocenters. The lowest BCUT2D eigenvalue weighted by Crippen LogP contribution is -2.37. The van der Waals surface area contributed by atoms with E-state index in [4.69, 9.17) is 0 Å². The van der Waals surface area contributed by atoms with Gasteiger partial charge in [0.2, 0.25) is 0 Å². The van der Waals surface area contributed by atoms with E-state index in [-0.39, 0.29) is 17.5 Å². The number of nitrogens with zero attached hydrogens (tertiary/aromatic N) is 3. The van der Waals surface area contributed by atoms with Gasteiger partial charge in [-0.2, -0.15) is 0 Å². The van der Waals surface area contributed by atoms with Crippen LogP contribution in [0.3, 0.4) is 0 Å². The van der Waals surface area contributed by atoms with Crippen LogP contribution in [0, 0.1) is 10.1 Å². The largest absolute Gasteiger partial charge is 0.336 e. The zero-order valence-electron chi connectivity index (χ0n) is 17.5. The summed E-state index contributed by atoms with van der Waals surface area (Å²) < 4.78 is 0. The van der Waals surface area contributed by atoms with Gasteiger partial charge in [-0.3, -0.25) is 24.6 Å². The lowest BCUT2D eigenvalue weighted by atomic mass is 9.98. The van der Waals surface area contributed by atoms with Crippen LogP contribution in [0.15, 0.2) is 54.2 Å². The lowest BCUT2D eigenvalue weighted by Gasteiger charge is -2.32. The first-order chi connectivity index (χ1) is 15.0. The van der Waals surface area contributed by atoms with Crippen molar-refractivity contribution in [2.24, 2.45) is 0 Å². The third kappa shape index (κ3) is 3.83. The van der Waals surface area contributed by atoms with Crippen LogP contribution >= 0.6 is 0 Å². The second-order valence-electron chi connectivity index (χ2n) is 7.88. The third-order valence-electron chi connectivity index (χ3n) is 5.88. The van der Waals surface area contributed by atoms with Gasteiger partial charge < -0.3 is 4.90 Å². The zero-order chi connectivity index (χ0) is 22.0. The first kappa shape index (κ1) is 20.8. The molecule has 2 aromatic carbocycles. The third-order valence-corrected chi connectivity index (χ3v) is 5.88. The number of hydrogen-bond acceptors (Lipinski definition) is 5. The standard InChI is InChI=1S/C24H25N3O4/c1-2-3-6-15-26-23(28)21(18-11-13-19(14-12-18)27(30)31)22(24(26)29)25-16-7-9-17-8-4-5-10-20(17)25/h4-5,8,10-14H,2-3,6-7,9,15-16H2,1H3. The second kappa shape index (κ2) is 8.71. The van der Waals surface area contributed by atoms with Crippen LogP contribution in [-0.4, -0.2) is 34.7 Å². The van der Waals surface area contributed by atoms with E-state index in [0.29, 0.717) is 29.9 Å². The maximum atomic E-state index is 13.5. The molecule has 2 amide bonds. The number of fused-ring (bicyclic) bond motifs is 1. The minimum absolute atomic E-state index is 0.0502. The molecule has 31 heavy (non-hydrogen) atoms. The predicted molar refractivity (Wildman–Crippen MR) is 118 cm³/mol. The van der Waals surface area contributed by atoms with Crippen molar-refractivity contribution in [3.8, 4) is 0 Å². The van der Waals surface area contributed by atoms with Crippen molar-refractivity contribution in [2.75, 3.05) is 18.0 Å². The Balaban J connectivity index is 1.81. The zero-order valence-corrected chi connectivity index (χ0v) is 17.5. The van der Waals surface area contributed by atoms with Crippen LogP contribution in [0.2, 0.25) is 0 Å². The molecular weight excluding hydrogens is 394 g/mol. The molecule has 160 valence electrons. The summed E-state index contributed by atoms with van der Waals surface area (Å²) in [5.41, 5.74) is 3.27. The Labute approximate surface area is 181 Å². The minimum atomic E-state index is -0.474. The summed E-state index contributed by atoms with van der Waals surface area (Å²) >= 11 is 0. The van der Waals surface area contributed by atoms with Gasteiger partial charge in [0.25, 0.3) is 17.5 Å². The maximum Gasteiger partial charge on any atom is 0.278 e. The molecule has 2 aliphatic rings. The number of carbonyl (C=O) groups excluding carboxylic acids is 2. The molecule has 4 rings (SSSR count). The Morgan fingerprint density at radius 1 is 1.00 bits per heavy atom. The Hall–Kier alpha value is -3.48. The van der Waals surface area contributed by atoms with Crippen LogP contribution in [0.5, 0.6) is 0 Å². The molecule has 0 saturated carbocycles. The Kier molecular flexibility index (Phi) is 5.84. The summed E-state index contributed by atoms with van der Waals surface area (Å²) in [4.78, 5) is 40.7. The van der Waals surface area contributed by atoms with E-state index in [2.05, 4.69) is 6.92 Å². The highest BCUT2D eigenvalue weighted by Crippen LogP contribution is 2.38. The van der Waals surface area contributed by atoms with Gasteiger partial charge in [-0.15, -0.1) is 0 Å². The minimum Gasteiger partial charge on any atom is -0.336 e. The molecule has 0 aliphatic carbocycles. The fraction of sp³-hybridized carbons (Fsp3) is 0.333. The maximum absolute atomic E-state index is 13.5. The van der Waals surface area contributed by atoms with Crippen molar-refractivity contribution in [2.45, 2.75) is 39.0 Å². The van der Waals surface area contributed by atoms with Crippen molar-refractivity contribution in [3.63, 3.8) is 0 Å². The Morgan fingerprint density at radius 2 is 1.74 bits per heavy atom. The second-order valence-corrected chi connectivity index (χ2v) is 7.88. The molecule has 2 aliphatic heterocycles. The number of nitro groups is 1. The van der Waals surface area contributed by atoms with Crippen molar-refractivity contribution in [1.29, 1.82) is 0 Å². The molecule has 0 N–H and O–H groups in total. The predicted octanol–water partition coefficient (Wildman–Crippen LogP) is 4.32. The average molecular weight is 419 g/mol. The number of non-ortho nitro benzene ring substituents is 1. The van der Waals surface area contributed by atoms with Gasteiger partial charge in [0.15, 0.2) is 0 Å². The summed E-state index contributed by atoms with van der Waals surface area (Å²) in [5, 5.41) is 11.1. The molecule has 2 heterocycles. The number of aryl methyl sites for hydroxylation is 1. The molecule has 7 nitrogen and oxygen atoms in total. The molecule has 0 radical (unpaired) electrons. The van der Waals surface area contributed by atoms with E-state index < -0.39 is 4.92 Å². The highest BCUT2D eigenvalue weighted by molar-refractivity contribution is 6.36. The van der Waals surface area contributed by atoms with E-state index >= 15 is 0 Å². The van der Waals surface area contributed by atoms with Crippen LogP contribution in [0.4, 0.5) is 11.4 Å². The van der Waals surface area contributed by atoms with Crippen molar-refractivity contribution in [1.82, 2.24) is 4.90 Å². The van der Waals surface area contributed by atoms with Crippen LogP contribution in [0.25, 0.3) is 5.57 Å². The monoisotopic (exact) mass is 419 g/mol. The molecule has 0 spiro atoms. The number of carbonyl (C=O) groups is 2. The van der Waals surface area contributed by atoms with E-state index in [1.54, 1.807) is 12.1 Å². The van der Waals surface area contributed by atoms with Gasteiger partial charge in [-0.1, -0.05) is 38.0 Å². The SMILES string of the molecule is CCCCCN1C(=O)C(c2ccc([N+](=O)[O-])cc2)=C(N2CCCc3ccccc32)C1=O. The number of imide groups is 1. The number of anilines is 1. The molecule has 0 unspecified atom stereocenters. The van der Waals surface area contributed by atoms with E-state index in [0.717, 1.165) is 43.4 Å². The first-order valence-corrected chi connectivity index (χ1v) is 10.7. The number of unbranched alkanes of at least 4 members (excludes halogenated alkanes) is 2. The van der Waals surface area contributed by atoms with Crippen LogP contribution in [-0.2, 0) is 16.0 Å². The van der Waals surface area contributed by atoms with Gasteiger partial charge in [-0.25, -0.2) is 0 Å². The normalized spacial score (nSPS) is 16.2. The van der Waals surface area contributed by atoms with Gasteiger partial charge in [0.1, 0.15) is 5.70 Å². The first-order valence-electron chi connectivity index (χ1n) is 10.7. The summed E-state index contributed by atoms with van der Waals surface area (Å²) in [7, 11) is 0. The van der Waals surface area contributed by atoms with Crippen molar-refractivity contribution in [3.05, 3.63) is 75.5 Å². The number of para-hydroxylation sites is 1. The number of nitro benzene ring substituents is 1. The molecule has 2 aromatic rings. The van der Waals surface area contributed by atoms with Crippen molar-refractivity contribution >= 4 is 28.8 Å². The molecule has 0 aromatic heterocycles. The van der Waals surface area contributed by atoms with E-state index in [9.17, 15) is 19.7 Å². The fourth-order valence-corrected chi connectivity index (χ4v) is 4.31. The number of benzene rings is 2. The van der Waals surface area contributed by atoms with Crippen LogP contribution < -0.4 is 4.90 Å². The summed E-state index contributed by atoms with van der Waals surface area (Å²) in [6, 6.07) is 13.8. The van der Waals surface area contributed by atoms with Gasteiger partial charge >= 0.3 is 0 Å². The Morgan fingerprint density at radius 3 is 2.45 bits per heavy atom. The lowest BCUT2D eigenvalue weighted by molar-refractivity contribution is -0.384. The fourth-order valence-electron chi connectivity index (χ4n) is 4.31. The van der Waals surface area contributed by atoms with E-state index in [1.165, 1.54) is 17.0 Å². The highest BCUT2D eigenvalue weighted by Gasteiger charge is 2.42. The van der Waals surface area contributed by atoms with Gasteiger partial charge in [0, 0.05) is 30.9 Å². The average Bonchev–Trinajstić information content (AvgIpc) is 3.03. The highest BCUT2D eigenvalue weighted by atomic mass is 16.6. The molecule has 0 saturated heterocycles. The smallest absolute Gasteiger partial charge is 0.278 e. The quantitative estimate of drug-likeness (QED) is 0.289. The topological polar surface area (TPSA) is 83.8 Å². The Bertz CT molecular complexity index is 1060. The number of hydrogen-bond donors (Lipinski definition) is 0. The molecular formula is C24H25N3O4. The van der Waals surface area contributed by atoms with Crippen LogP contribution in [0.1, 0.15) is 43.7 Å². The summed E-state index contributed by atoms with van der Waals surface area (Å²) in [5.74, 6) is -0.612. The van der Waals surface area contributed by atoms with E-state index in [1.807, 2.05) is 29.2 Å².